The van der Waals surface area contributed by atoms with Gasteiger partial charge in [0.1, 0.15) is 5.75 Å². The van der Waals surface area contributed by atoms with Gasteiger partial charge < -0.3 is 4.74 Å². The molecule has 2 rings (SSSR count). The molecule has 264 valence electrons. The van der Waals surface area contributed by atoms with Crippen LogP contribution in [0, 0.1) is 0 Å². The molecular weight excluding hydrogens is 715 g/mol. The summed E-state index contributed by atoms with van der Waals surface area (Å²) >= 11 is 0. The number of hydrogen-bond acceptors (Lipinski definition) is 4. The second-order valence-corrected chi connectivity index (χ2v) is 14.5. The van der Waals surface area contributed by atoms with Crippen LogP contribution in [0.1, 0.15) is 32.6 Å². The highest BCUT2D eigenvalue weighted by Crippen LogP contribution is 2.67. The van der Waals surface area contributed by atoms with E-state index in [1.807, 2.05) is 0 Å². The molecule has 0 unspecified atom stereocenters. The van der Waals surface area contributed by atoms with Crippen LogP contribution >= 0.6 is 10.3 Å². The van der Waals surface area contributed by atoms with Crippen LogP contribution in [0.5, 0.6) is 5.75 Å². The molecule has 1 aromatic rings. The molecule has 1 saturated heterocycles. The Bertz CT molecular complexity index is 1290. The van der Waals surface area contributed by atoms with Crippen LogP contribution < -0.4 is 4.74 Å². The predicted octanol–water partition coefficient (Wildman–Crippen LogP) is 9.05. The highest BCUT2D eigenvalue weighted by molar-refractivity contribution is 8.33. The highest BCUT2D eigenvalue weighted by atomic mass is 32.3. The van der Waals surface area contributed by atoms with Gasteiger partial charge >= 0.3 is 57.1 Å². The molecule has 0 amide bonds. The van der Waals surface area contributed by atoms with Crippen molar-refractivity contribution in [3.8, 4) is 5.75 Å². The standard InChI is InChI=1S/C22H21F17O4S2/c1-2-3-10-42-13-6-8-14(9-7-13)44(11-4-5-12-44)43-45(40,41)22(38,39)20(33,34)18(29,30)16(25,26)15(23,24)17(27,28)19(31,32)21(35,36)37/h6-9H,2-5,10-12H2,1H3. The first-order valence-corrected chi connectivity index (χ1v) is 15.4. The molecule has 0 aromatic heterocycles. The van der Waals surface area contributed by atoms with Crippen molar-refractivity contribution < 1.29 is 91.4 Å². The summed E-state index contributed by atoms with van der Waals surface area (Å²) in [6.45, 7) is 1.98. The van der Waals surface area contributed by atoms with Crippen molar-refractivity contribution >= 4 is 20.4 Å². The first kappa shape index (κ1) is 39.3. The Morgan fingerprint density at radius 2 is 1.04 bits per heavy atom. The Labute approximate surface area is 244 Å². The topological polar surface area (TPSA) is 52.6 Å². The van der Waals surface area contributed by atoms with Crippen LogP contribution in [0.2, 0.25) is 0 Å². The summed E-state index contributed by atoms with van der Waals surface area (Å²) in [5.41, 5.74) is 0. The summed E-state index contributed by atoms with van der Waals surface area (Å²) in [7, 11) is -11.4. The van der Waals surface area contributed by atoms with E-state index in [1.165, 1.54) is 0 Å². The smallest absolute Gasteiger partial charge is 0.460 e. The quantitative estimate of drug-likeness (QED) is 0.141. The first-order chi connectivity index (χ1) is 20.0. The minimum atomic E-state index is -8.90. The molecule has 0 radical (unpaired) electrons. The van der Waals surface area contributed by atoms with Gasteiger partial charge in [0.2, 0.25) is 0 Å². The minimum Gasteiger partial charge on any atom is -0.494 e. The monoisotopic (exact) mass is 736 g/mol. The van der Waals surface area contributed by atoms with Crippen LogP contribution in [-0.2, 0) is 13.7 Å². The summed E-state index contributed by atoms with van der Waals surface area (Å²) in [6, 6.07) is 4.27. The van der Waals surface area contributed by atoms with E-state index in [-0.39, 0.29) is 30.1 Å². The molecule has 0 bridgehead atoms. The number of hydrogen-bond donors (Lipinski definition) is 0. The Hall–Kier alpha value is -1.91. The van der Waals surface area contributed by atoms with E-state index in [1.54, 1.807) is 6.92 Å². The van der Waals surface area contributed by atoms with E-state index < -0.39 is 78.9 Å². The van der Waals surface area contributed by atoms with Crippen LogP contribution in [0.15, 0.2) is 29.2 Å². The van der Waals surface area contributed by atoms with Gasteiger partial charge in [-0.05, 0) is 43.5 Å². The Morgan fingerprint density at radius 3 is 1.44 bits per heavy atom. The molecule has 1 aliphatic heterocycles. The summed E-state index contributed by atoms with van der Waals surface area (Å²) in [4.78, 5) is -0.316. The number of rotatable bonds is 14. The molecule has 1 heterocycles. The molecule has 4 nitrogen and oxygen atoms in total. The van der Waals surface area contributed by atoms with E-state index >= 15 is 0 Å². The third-order valence-electron chi connectivity index (χ3n) is 6.45. The van der Waals surface area contributed by atoms with Gasteiger partial charge in [-0.15, -0.1) is 0 Å². The molecule has 1 fully saturated rings. The predicted molar refractivity (Wildman–Crippen MR) is 122 cm³/mol. The van der Waals surface area contributed by atoms with Gasteiger partial charge in [0, 0.05) is 16.4 Å². The third-order valence-corrected chi connectivity index (χ3v) is 12.1. The zero-order chi connectivity index (χ0) is 35.3. The zero-order valence-corrected chi connectivity index (χ0v) is 23.8. The van der Waals surface area contributed by atoms with E-state index in [4.69, 9.17) is 4.74 Å². The molecule has 0 saturated carbocycles. The van der Waals surface area contributed by atoms with Crippen LogP contribution in [-0.4, -0.2) is 73.5 Å². The summed E-state index contributed by atoms with van der Waals surface area (Å²) in [5.74, 6) is -52.9. The van der Waals surface area contributed by atoms with Gasteiger partial charge in [-0.2, -0.15) is 83.1 Å². The molecule has 0 aliphatic carbocycles. The molecular formula is C22H21F17O4S2. The molecule has 1 aromatic carbocycles. The normalized spacial score (nSPS) is 18.6. The molecule has 0 N–H and O–H groups in total. The van der Waals surface area contributed by atoms with E-state index in [0.29, 0.717) is 12.8 Å². The van der Waals surface area contributed by atoms with Crippen molar-refractivity contribution in [2.45, 2.75) is 84.5 Å². The van der Waals surface area contributed by atoms with Gasteiger partial charge in [-0.3, -0.25) is 0 Å². The van der Waals surface area contributed by atoms with E-state index in [9.17, 15) is 83.1 Å². The highest BCUT2D eigenvalue weighted by Gasteiger charge is 2.96. The van der Waals surface area contributed by atoms with Crippen molar-refractivity contribution in [3.05, 3.63) is 24.3 Å². The lowest BCUT2D eigenvalue weighted by atomic mass is 9.91. The Morgan fingerprint density at radius 1 is 0.644 bits per heavy atom. The lowest BCUT2D eigenvalue weighted by Crippen LogP contribution is -2.75. The van der Waals surface area contributed by atoms with Gasteiger partial charge in [0.05, 0.1) is 6.61 Å². The molecule has 45 heavy (non-hydrogen) atoms. The van der Waals surface area contributed by atoms with Crippen molar-refractivity contribution in [3.63, 3.8) is 0 Å². The SMILES string of the molecule is CCCCOc1ccc(S2(OS(=O)(=O)C(F)(F)C(F)(F)C(F)(F)C(F)(F)C(F)(F)C(F)(F)C(F)(F)C(F)(F)F)CCCC2)cc1. The molecule has 0 spiro atoms. The minimum absolute atomic E-state index is 0.0650. The van der Waals surface area contributed by atoms with Gasteiger partial charge in [-0.1, -0.05) is 23.7 Å². The average molecular weight is 737 g/mol. The van der Waals surface area contributed by atoms with Crippen molar-refractivity contribution in [2.75, 3.05) is 18.1 Å². The third kappa shape index (κ3) is 6.01. The number of alkyl halides is 17. The maximum Gasteiger partial charge on any atom is 0.460 e. The van der Waals surface area contributed by atoms with Gasteiger partial charge in [0.25, 0.3) is 0 Å². The molecule has 1 aliphatic rings. The van der Waals surface area contributed by atoms with E-state index in [0.717, 1.165) is 24.3 Å². The Kier molecular flexibility index (Phi) is 10.4. The lowest BCUT2D eigenvalue weighted by Gasteiger charge is -2.43. The fourth-order valence-electron chi connectivity index (χ4n) is 3.75. The molecule has 0 atom stereocenters. The molecule has 23 heteroatoms. The lowest BCUT2D eigenvalue weighted by molar-refractivity contribution is -0.458. The van der Waals surface area contributed by atoms with Crippen LogP contribution in [0.3, 0.4) is 0 Å². The zero-order valence-electron chi connectivity index (χ0n) is 22.1. The van der Waals surface area contributed by atoms with E-state index in [2.05, 4.69) is 3.63 Å². The fourth-order valence-corrected chi connectivity index (χ4v) is 9.42. The second kappa shape index (κ2) is 12.0. The number of benzene rings is 1. The summed E-state index contributed by atoms with van der Waals surface area (Å²) in [5, 5.41) is -7.71. The van der Waals surface area contributed by atoms with Gasteiger partial charge in [0.15, 0.2) is 0 Å². The fraction of sp³-hybridized carbons (Fsp3) is 0.727. The second-order valence-electron chi connectivity index (χ2n) is 9.58. The van der Waals surface area contributed by atoms with Crippen molar-refractivity contribution in [2.24, 2.45) is 0 Å². The number of halogens is 17. The maximum absolute atomic E-state index is 14.6. The number of ether oxygens (including phenoxy) is 1. The van der Waals surface area contributed by atoms with Gasteiger partial charge in [-0.25, -0.2) is 3.63 Å². The first-order valence-electron chi connectivity index (χ1n) is 12.1. The van der Waals surface area contributed by atoms with Crippen molar-refractivity contribution in [1.29, 1.82) is 0 Å². The Balaban J connectivity index is 2.57. The largest absolute Gasteiger partial charge is 0.494 e. The number of unbranched alkanes of at least 4 members (excludes halogenated alkanes) is 1. The summed E-state index contributed by atoms with van der Waals surface area (Å²) < 4.78 is 266. The van der Waals surface area contributed by atoms with Crippen LogP contribution in [0.4, 0.5) is 74.6 Å². The maximum atomic E-state index is 14.6. The van der Waals surface area contributed by atoms with Crippen molar-refractivity contribution in [1.82, 2.24) is 0 Å². The summed E-state index contributed by atoms with van der Waals surface area (Å²) in [6.07, 6.45) is -6.76. The van der Waals surface area contributed by atoms with Crippen LogP contribution in [0.25, 0.3) is 0 Å². The average Bonchev–Trinajstić information content (AvgIpc) is 3.36.